The number of amides is 1. The van der Waals surface area contributed by atoms with Crippen LogP contribution in [0, 0.1) is 31.8 Å². The van der Waals surface area contributed by atoms with Gasteiger partial charge in [-0.1, -0.05) is 29.9 Å². The molecule has 238 valence electrons. The summed E-state index contributed by atoms with van der Waals surface area (Å²) in [5.74, 6) is 1.94. The third-order valence-electron chi connectivity index (χ3n) is 10.7. The van der Waals surface area contributed by atoms with Crippen molar-refractivity contribution in [3.63, 3.8) is 0 Å². The minimum Gasteiger partial charge on any atom is -0.379 e. The Morgan fingerprint density at radius 1 is 1.20 bits per heavy atom. The van der Waals surface area contributed by atoms with Crippen molar-refractivity contribution in [3.05, 3.63) is 46.4 Å². The summed E-state index contributed by atoms with van der Waals surface area (Å²) < 4.78 is 7.57. The zero-order chi connectivity index (χ0) is 31.7. The van der Waals surface area contributed by atoms with Gasteiger partial charge in [0, 0.05) is 66.9 Å². The first-order chi connectivity index (χ1) is 21.5. The number of piperidine rings is 1. The molecule has 1 N–H and O–H groups in total. The fourth-order valence-corrected chi connectivity index (χ4v) is 8.76. The number of nitrogens with zero attached hydrogens (tertiary/aromatic N) is 7. The van der Waals surface area contributed by atoms with Crippen LogP contribution in [0.3, 0.4) is 0 Å². The minimum atomic E-state index is -0.177. The van der Waals surface area contributed by atoms with Crippen LogP contribution in [0.5, 0.6) is 0 Å². The van der Waals surface area contributed by atoms with Gasteiger partial charge in [-0.15, -0.1) is 0 Å². The van der Waals surface area contributed by atoms with Gasteiger partial charge < -0.3 is 19.4 Å². The highest BCUT2D eigenvalue weighted by molar-refractivity contribution is 6.36. The third-order valence-corrected chi connectivity index (χ3v) is 11.2. The lowest BCUT2D eigenvalue weighted by atomic mass is 9.60. The second-order valence-electron chi connectivity index (χ2n) is 14.4. The Kier molecular flexibility index (Phi) is 7.50. The number of halogens is 1. The molecular weight excluding hydrogens is 588 g/mol. The predicted octanol–water partition coefficient (Wildman–Crippen LogP) is 5.92. The van der Waals surface area contributed by atoms with Crippen LogP contribution in [0.15, 0.2) is 18.7 Å². The zero-order valence-corrected chi connectivity index (χ0v) is 27.6. The maximum atomic E-state index is 12.1. The van der Waals surface area contributed by atoms with Gasteiger partial charge in [0.2, 0.25) is 5.91 Å². The summed E-state index contributed by atoms with van der Waals surface area (Å²) in [6, 6.07) is 2.10. The van der Waals surface area contributed by atoms with Crippen molar-refractivity contribution in [2.45, 2.75) is 65.0 Å². The molecule has 4 aliphatic rings. The van der Waals surface area contributed by atoms with Crippen molar-refractivity contribution >= 4 is 40.0 Å². The predicted molar refractivity (Wildman–Crippen MR) is 177 cm³/mol. The van der Waals surface area contributed by atoms with Crippen molar-refractivity contribution in [2.75, 3.05) is 57.4 Å². The molecular formula is C34H43ClN8O2. The van der Waals surface area contributed by atoms with Crippen LogP contribution in [0.2, 0.25) is 5.02 Å². The molecule has 0 radical (unpaired) electrons. The zero-order valence-electron chi connectivity index (χ0n) is 26.8. The van der Waals surface area contributed by atoms with Gasteiger partial charge in [0.05, 0.1) is 29.3 Å². The topological polar surface area (TPSA) is 86.9 Å². The van der Waals surface area contributed by atoms with Crippen LogP contribution in [0.1, 0.15) is 56.8 Å². The average Bonchev–Trinajstić information content (AvgIpc) is 3.52. The highest BCUT2D eigenvalue weighted by atomic mass is 35.5. The van der Waals surface area contributed by atoms with Crippen LogP contribution < -0.4 is 4.90 Å². The molecule has 3 aliphatic heterocycles. The Bertz CT molecular complexity index is 1700. The lowest BCUT2D eigenvalue weighted by molar-refractivity contribution is -0.148. The molecule has 1 amide bonds. The Morgan fingerprint density at radius 3 is 2.60 bits per heavy atom. The van der Waals surface area contributed by atoms with Crippen molar-refractivity contribution in [2.24, 2.45) is 11.3 Å². The van der Waals surface area contributed by atoms with E-state index in [2.05, 4.69) is 45.3 Å². The summed E-state index contributed by atoms with van der Waals surface area (Å²) in [5, 5.41) is 14.7. The molecule has 3 saturated heterocycles. The molecule has 4 fully saturated rings. The summed E-state index contributed by atoms with van der Waals surface area (Å²) >= 11 is 7.19. The lowest BCUT2D eigenvalue weighted by Gasteiger charge is -2.57. The van der Waals surface area contributed by atoms with Crippen molar-refractivity contribution in [1.82, 2.24) is 29.8 Å². The number of fused-ring (bicyclic) bond motifs is 1. The van der Waals surface area contributed by atoms with Gasteiger partial charge in [0.25, 0.3) is 5.82 Å². The number of H-pyrrole nitrogens is 1. The molecule has 1 atom stereocenters. The van der Waals surface area contributed by atoms with Crippen LogP contribution in [0.25, 0.3) is 26.9 Å². The van der Waals surface area contributed by atoms with E-state index in [1.165, 1.54) is 6.08 Å². The van der Waals surface area contributed by atoms with Gasteiger partial charge in [-0.25, -0.2) is 0 Å². The first-order valence-corrected chi connectivity index (χ1v) is 16.5. The second-order valence-corrected chi connectivity index (χ2v) is 14.8. The number of carbonyl (C=O) groups excluding carboxylic acids is 1. The minimum absolute atomic E-state index is 0.0116. The highest BCUT2D eigenvalue weighted by Gasteiger charge is 2.56. The summed E-state index contributed by atoms with van der Waals surface area (Å²) in [6.45, 7) is 27.8. The number of rotatable bonds is 6. The van der Waals surface area contributed by atoms with E-state index in [-0.39, 0.29) is 22.9 Å². The van der Waals surface area contributed by atoms with E-state index in [9.17, 15) is 4.79 Å². The van der Waals surface area contributed by atoms with Gasteiger partial charge in [-0.05, 0) is 77.0 Å². The smallest absolute Gasteiger partial charge is 0.262 e. The molecule has 45 heavy (non-hydrogen) atoms. The normalized spacial score (nSPS) is 23.2. The van der Waals surface area contributed by atoms with Crippen molar-refractivity contribution in [1.29, 1.82) is 0 Å². The van der Waals surface area contributed by atoms with Gasteiger partial charge in [0.1, 0.15) is 6.04 Å². The largest absolute Gasteiger partial charge is 0.379 e. The van der Waals surface area contributed by atoms with Gasteiger partial charge >= 0.3 is 0 Å². The Labute approximate surface area is 270 Å². The summed E-state index contributed by atoms with van der Waals surface area (Å²) in [4.78, 5) is 23.2. The molecule has 1 saturated carbocycles. The monoisotopic (exact) mass is 630 g/mol. The SMILES string of the molecule is [C-]#[N+]c1c(-c2c(Cl)c(C)cc3n[nH]c(C)c23)c(N2CC[C@@H](CN3CCOCC3)CC2(C)C)nn1C1CC2(C1)CN(C(=O)C=C)C2. The fraction of sp³-hybridized carbons (Fsp3) is 0.588. The number of nitrogens with one attached hydrogen (secondary N) is 1. The molecule has 7 rings (SSSR count). The van der Waals surface area contributed by atoms with E-state index in [4.69, 9.17) is 28.0 Å². The van der Waals surface area contributed by atoms with E-state index in [1.54, 1.807) is 0 Å². The number of ether oxygens (including phenoxy) is 1. The molecule has 0 unspecified atom stereocenters. The molecule has 10 nitrogen and oxygen atoms in total. The summed E-state index contributed by atoms with van der Waals surface area (Å²) in [6.07, 6.45) is 5.27. The third kappa shape index (κ3) is 5.04. The second kappa shape index (κ2) is 11.1. The maximum absolute atomic E-state index is 12.1. The number of benzene rings is 1. The van der Waals surface area contributed by atoms with Crippen molar-refractivity contribution in [3.8, 4) is 11.1 Å². The number of aromatic amines is 1. The summed E-state index contributed by atoms with van der Waals surface area (Å²) in [7, 11) is 0. The van der Waals surface area contributed by atoms with Gasteiger partial charge in [-0.3, -0.25) is 14.8 Å². The van der Waals surface area contributed by atoms with Crippen molar-refractivity contribution < 1.29 is 9.53 Å². The molecule has 1 aromatic carbocycles. The molecule has 1 spiro atoms. The summed E-state index contributed by atoms with van der Waals surface area (Å²) in [5.41, 5.74) is 4.26. The number of aromatic nitrogens is 4. The van der Waals surface area contributed by atoms with E-state index in [1.807, 2.05) is 29.5 Å². The molecule has 1 aliphatic carbocycles. The Balaban J connectivity index is 1.28. The number of morpholine rings is 1. The van der Waals surface area contributed by atoms with E-state index >= 15 is 0 Å². The van der Waals surface area contributed by atoms with Crippen LogP contribution >= 0.6 is 11.6 Å². The number of carbonyl (C=O) groups is 1. The molecule has 11 heteroatoms. The number of aryl methyl sites for hydroxylation is 2. The number of hydrogen-bond donors (Lipinski definition) is 1. The standard InChI is InChI=1S/C34H43ClN8O2/c1-7-26(44)41-19-34(20-41)16-24(17-34)43-31(36-6)29(28-27-22(3)37-38-25(27)14-21(2)30(28)35)32(39-43)42-9-8-23(15-33(42,4)5)18-40-10-12-45-13-11-40/h7,14,23-24H,1,8-13,15-20H2,2-5H3,(H,37,38)/t23-/m1/s1. The molecule has 2 aromatic heterocycles. The van der Waals surface area contributed by atoms with Crippen LogP contribution in [-0.4, -0.2) is 93.7 Å². The lowest BCUT2D eigenvalue weighted by Crippen LogP contribution is -2.63. The molecule has 0 bridgehead atoms. The Hall–Kier alpha value is -3.39. The maximum Gasteiger partial charge on any atom is 0.262 e. The highest BCUT2D eigenvalue weighted by Crippen LogP contribution is 2.57. The van der Waals surface area contributed by atoms with Crippen LogP contribution in [0.4, 0.5) is 11.6 Å². The number of anilines is 1. The van der Waals surface area contributed by atoms with Gasteiger partial charge in [0.15, 0.2) is 5.82 Å². The number of likely N-dealkylation sites (tertiary alicyclic amines) is 1. The van der Waals surface area contributed by atoms with Gasteiger partial charge in [-0.2, -0.15) is 9.78 Å². The number of hydrogen-bond acceptors (Lipinski definition) is 6. The quantitative estimate of drug-likeness (QED) is 0.269. The Morgan fingerprint density at radius 2 is 1.93 bits per heavy atom. The first kappa shape index (κ1) is 30.3. The first-order valence-electron chi connectivity index (χ1n) is 16.2. The van der Waals surface area contributed by atoms with Crippen LogP contribution in [-0.2, 0) is 9.53 Å². The molecule has 5 heterocycles. The van der Waals surface area contributed by atoms with E-state index in [0.29, 0.717) is 16.8 Å². The average molecular weight is 631 g/mol. The van der Waals surface area contributed by atoms with E-state index in [0.717, 1.165) is 117 Å². The molecule has 3 aromatic rings. The van der Waals surface area contributed by atoms with E-state index < -0.39 is 0 Å². The fourth-order valence-electron chi connectivity index (χ4n) is 8.52.